The number of carbonyl (C=O) groups is 4. The van der Waals surface area contributed by atoms with E-state index >= 15 is 0 Å². The fourth-order valence-electron chi connectivity index (χ4n) is 3.90. The van der Waals surface area contributed by atoms with Crippen LogP contribution >= 0.6 is 0 Å². The highest BCUT2D eigenvalue weighted by Gasteiger charge is 2.19. The Labute approximate surface area is 211 Å². The summed E-state index contributed by atoms with van der Waals surface area (Å²) in [6, 6.07) is 17.5. The van der Waals surface area contributed by atoms with E-state index in [2.05, 4.69) is 21.7 Å². The van der Waals surface area contributed by atoms with Gasteiger partial charge in [-0.3, -0.25) is 30.0 Å². The van der Waals surface area contributed by atoms with Crippen molar-refractivity contribution in [2.75, 3.05) is 0 Å². The number of carbonyl (C=O) groups excluding carboxylic acids is 4. The molecule has 0 aliphatic heterocycles. The summed E-state index contributed by atoms with van der Waals surface area (Å²) in [6.07, 6.45) is 9.18. The Hall–Kier alpha value is -5.44. The van der Waals surface area contributed by atoms with Crippen LogP contribution in [-0.4, -0.2) is 23.4 Å². The second kappa shape index (κ2) is 10.0. The van der Waals surface area contributed by atoms with Gasteiger partial charge in [0.25, 0.3) is 0 Å². The zero-order valence-electron chi connectivity index (χ0n) is 19.3. The molecule has 1 heterocycles. The molecule has 2 amide bonds. The van der Waals surface area contributed by atoms with Crippen molar-refractivity contribution in [2.45, 2.75) is 0 Å². The van der Waals surface area contributed by atoms with Crippen LogP contribution in [0.5, 0.6) is 0 Å². The second-order valence-electron chi connectivity index (χ2n) is 8.05. The van der Waals surface area contributed by atoms with Crippen molar-refractivity contribution in [3.63, 3.8) is 0 Å². The first-order valence-electron chi connectivity index (χ1n) is 11.3. The van der Waals surface area contributed by atoms with Crippen molar-refractivity contribution in [2.24, 2.45) is 0 Å². The number of fused-ring (bicyclic) bond motifs is 2. The van der Waals surface area contributed by atoms with Crippen LogP contribution < -0.4 is 21.7 Å². The lowest BCUT2D eigenvalue weighted by Crippen LogP contribution is -2.34. The van der Waals surface area contributed by atoms with E-state index in [0.29, 0.717) is 11.1 Å². The first-order valence-corrected chi connectivity index (χ1v) is 11.3. The number of hydrogen-bond donors (Lipinski definition) is 4. The fraction of sp³-hybridized carbons (Fsp3) is 0. The minimum atomic E-state index is -0.644. The molecule has 0 atom stereocenters. The Kier molecular flexibility index (Phi) is 6.33. The van der Waals surface area contributed by atoms with Gasteiger partial charge in [-0.25, -0.2) is 0 Å². The largest absolute Gasteiger partial charge is 0.446 e. The van der Waals surface area contributed by atoms with Crippen LogP contribution in [0.1, 0.15) is 43.4 Å². The number of furan rings is 1. The molecule has 0 bridgehead atoms. The van der Waals surface area contributed by atoms with E-state index in [-0.39, 0.29) is 23.1 Å². The molecule has 5 rings (SSSR count). The number of hydrogen-bond acceptors (Lipinski definition) is 7. The standard InChI is InChI=1S/C28H20N4O5/c33-23-11-9-17-5-1-3-7-19(17)21(23)15-29-31-27(35)25-13-14-26(37-25)28(36)32-30-16-22-20-8-4-2-6-18(20)10-12-24(22)34/h1-16,29-30H,(H,31,35)(H,32,36)/b21-15-,22-16-. The highest BCUT2D eigenvalue weighted by Crippen LogP contribution is 2.26. The molecule has 182 valence electrons. The zero-order valence-corrected chi connectivity index (χ0v) is 19.3. The van der Waals surface area contributed by atoms with E-state index in [1.807, 2.05) is 48.5 Å². The van der Waals surface area contributed by atoms with Gasteiger partial charge in [0.15, 0.2) is 23.1 Å². The van der Waals surface area contributed by atoms with Gasteiger partial charge in [-0.1, -0.05) is 60.7 Å². The molecule has 0 saturated carbocycles. The Morgan fingerprint density at radius 2 is 1.03 bits per heavy atom. The van der Waals surface area contributed by atoms with Crippen molar-refractivity contribution in [1.82, 2.24) is 21.7 Å². The summed E-state index contributed by atoms with van der Waals surface area (Å²) in [7, 11) is 0. The van der Waals surface area contributed by atoms with Crippen molar-refractivity contribution in [3.8, 4) is 0 Å². The van der Waals surface area contributed by atoms with Crippen LogP contribution in [0.2, 0.25) is 0 Å². The molecule has 3 aromatic rings. The van der Waals surface area contributed by atoms with Gasteiger partial charge in [-0.05, 0) is 46.5 Å². The van der Waals surface area contributed by atoms with Crippen LogP contribution in [0, 0.1) is 0 Å². The van der Waals surface area contributed by atoms with E-state index in [0.717, 1.165) is 22.3 Å². The minimum Gasteiger partial charge on any atom is -0.446 e. The van der Waals surface area contributed by atoms with Gasteiger partial charge in [0.2, 0.25) is 0 Å². The maximum Gasteiger partial charge on any atom is 0.305 e. The third kappa shape index (κ3) is 4.87. The molecule has 9 heteroatoms. The Balaban J connectivity index is 1.18. The first-order chi connectivity index (χ1) is 18.0. The fourth-order valence-corrected chi connectivity index (χ4v) is 3.90. The van der Waals surface area contributed by atoms with Crippen LogP contribution in [0.15, 0.2) is 89.6 Å². The highest BCUT2D eigenvalue weighted by atomic mass is 16.4. The van der Waals surface area contributed by atoms with Crippen molar-refractivity contribution < 1.29 is 23.6 Å². The van der Waals surface area contributed by atoms with E-state index in [4.69, 9.17) is 4.42 Å². The highest BCUT2D eigenvalue weighted by molar-refractivity contribution is 6.30. The topological polar surface area (TPSA) is 130 Å². The maximum atomic E-state index is 12.4. The molecule has 9 nitrogen and oxygen atoms in total. The van der Waals surface area contributed by atoms with E-state index in [1.165, 1.54) is 36.7 Å². The van der Waals surface area contributed by atoms with E-state index < -0.39 is 11.8 Å². The summed E-state index contributed by atoms with van der Waals surface area (Å²) in [5, 5.41) is 0. The molecule has 0 saturated heterocycles. The number of rotatable bonds is 6. The third-order valence-corrected chi connectivity index (χ3v) is 5.72. The predicted octanol–water partition coefficient (Wildman–Crippen LogP) is 3.02. The molecule has 2 aliphatic carbocycles. The number of amides is 2. The smallest absolute Gasteiger partial charge is 0.305 e. The lowest BCUT2D eigenvalue weighted by molar-refractivity contribution is -0.110. The van der Waals surface area contributed by atoms with Crippen molar-refractivity contribution in [3.05, 3.63) is 119 Å². The quantitative estimate of drug-likeness (QED) is 0.307. The van der Waals surface area contributed by atoms with Crippen molar-refractivity contribution >= 4 is 46.7 Å². The third-order valence-electron chi connectivity index (χ3n) is 5.72. The molecule has 1 aromatic heterocycles. The normalized spacial score (nSPS) is 15.8. The number of nitrogens with one attached hydrogen (secondary N) is 4. The van der Waals surface area contributed by atoms with Crippen LogP contribution in [0.4, 0.5) is 0 Å². The molecule has 0 spiro atoms. The van der Waals surface area contributed by atoms with E-state index in [1.54, 1.807) is 12.2 Å². The Morgan fingerprint density at radius 1 is 0.595 bits per heavy atom. The molecule has 37 heavy (non-hydrogen) atoms. The van der Waals surface area contributed by atoms with Gasteiger partial charge >= 0.3 is 11.8 Å². The molecular weight excluding hydrogens is 472 g/mol. The number of ketones is 2. The molecule has 0 radical (unpaired) electrons. The van der Waals surface area contributed by atoms with Crippen LogP contribution in [0.3, 0.4) is 0 Å². The minimum absolute atomic E-state index is 0.119. The molecule has 0 unspecified atom stereocenters. The molecule has 2 aromatic carbocycles. The van der Waals surface area contributed by atoms with E-state index in [9.17, 15) is 19.2 Å². The van der Waals surface area contributed by atoms with Gasteiger partial charge in [-0.15, -0.1) is 0 Å². The predicted molar refractivity (Wildman–Crippen MR) is 137 cm³/mol. The lowest BCUT2D eigenvalue weighted by Gasteiger charge is -2.13. The summed E-state index contributed by atoms with van der Waals surface area (Å²) in [5.41, 5.74) is 14.1. The van der Waals surface area contributed by atoms with Gasteiger partial charge in [0.1, 0.15) is 0 Å². The second-order valence-corrected chi connectivity index (χ2v) is 8.05. The van der Waals surface area contributed by atoms with Gasteiger partial charge in [0, 0.05) is 23.5 Å². The summed E-state index contributed by atoms with van der Waals surface area (Å²) in [4.78, 5) is 49.3. The lowest BCUT2D eigenvalue weighted by atomic mass is 9.92. The molecule has 2 aliphatic rings. The summed E-state index contributed by atoms with van der Waals surface area (Å²) < 4.78 is 5.35. The Morgan fingerprint density at radius 3 is 1.49 bits per heavy atom. The van der Waals surface area contributed by atoms with Gasteiger partial charge in [-0.2, -0.15) is 0 Å². The summed E-state index contributed by atoms with van der Waals surface area (Å²) in [5.74, 6) is -1.93. The number of allylic oxidation sites excluding steroid dienone is 4. The van der Waals surface area contributed by atoms with Crippen LogP contribution in [-0.2, 0) is 9.59 Å². The monoisotopic (exact) mass is 492 g/mol. The number of benzene rings is 2. The zero-order chi connectivity index (χ0) is 25.8. The number of hydrazine groups is 2. The summed E-state index contributed by atoms with van der Waals surface area (Å²) >= 11 is 0. The first kappa shape index (κ1) is 23.3. The summed E-state index contributed by atoms with van der Waals surface area (Å²) in [6.45, 7) is 0. The Bertz CT molecular complexity index is 1440. The molecule has 0 fully saturated rings. The molecule has 4 N–H and O–H groups in total. The average Bonchev–Trinajstić information content (AvgIpc) is 3.42. The molecular formula is C28H20N4O5. The van der Waals surface area contributed by atoms with Crippen molar-refractivity contribution in [1.29, 1.82) is 0 Å². The average molecular weight is 492 g/mol. The maximum absolute atomic E-state index is 12.4. The van der Waals surface area contributed by atoms with Gasteiger partial charge < -0.3 is 15.3 Å². The van der Waals surface area contributed by atoms with Gasteiger partial charge in [0.05, 0.1) is 0 Å². The SMILES string of the molecule is O=C1C=Cc2ccccc2/C1=C/NNC(=O)c1ccc(C(=O)NN/C=C2\C(=O)C=Cc3ccccc32)o1. The van der Waals surface area contributed by atoms with Crippen LogP contribution in [0.25, 0.3) is 23.3 Å².